The van der Waals surface area contributed by atoms with Crippen molar-refractivity contribution in [3.05, 3.63) is 53.2 Å². The summed E-state index contributed by atoms with van der Waals surface area (Å²) >= 11 is 0. The summed E-state index contributed by atoms with van der Waals surface area (Å²) in [5.41, 5.74) is 1.86. The summed E-state index contributed by atoms with van der Waals surface area (Å²) in [6.07, 6.45) is 6.78. The zero-order valence-corrected chi connectivity index (χ0v) is 22.4. The quantitative estimate of drug-likeness (QED) is 0.577. The molecule has 7 heteroatoms. The Kier molecular flexibility index (Phi) is 9.07. The van der Waals surface area contributed by atoms with E-state index >= 15 is 0 Å². The molecule has 1 N–H and O–H groups in total. The van der Waals surface area contributed by atoms with Crippen molar-refractivity contribution >= 4 is 5.91 Å². The van der Waals surface area contributed by atoms with Crippen molar-refractivity contribution in [1.29, 1.82) is 0 Å². The summed E-state index contributed by atoms with van der Waals surface area (Å²) in [6, 6.07) is 8.94. The highest BCUT2D eigenvalue weighted by Gasteiger charge is 2.34. The van der Waals surface area contributed by atoms with Gasteiger partial charge in [-0.15, -0.1) is 0 Å². The van der Waals surface area contributed by atoms with E-state index in [0.29, 0.717) is 23.6 Å². The number of amides is 1. The average molecular weight is 506 g/mol. The Labute approximate surface area is 220 Å². The first-order chi connectivity index (χ1) is 17.9. The number of aliphatic hydroxyl groups is 1. The highest BCUT2D eigenvalue weighted by atomic mass is 16.5. The molecule has 0 radical (unpaired) electrons. The lowest BCUT2D eigenvalue weighted by Gasteiger charge is -2.38. The van der Waals surface area contributed by atoms with Crippen LogP contribution in [-0.2, 0) is 0 Å². The molecule has 7 nitrogen and oxygen atoms in total. The molecule has 2 aliphatic rings. The number of ether oxygens (including phenoxy) is 2. The molecular formula is C30H39N3O4. The number of rotatable bonds is 7. The highest BCUT2D eigenvalue weighted by molar-refractivity contribution is 5.97. The van der Waals surface area contributed by atoms with Crippen LogP contribution in [0.1, 0.15) is 61.0 Å². The maximum absolute atomic E-state index is 13.6. The van der Waals surface area contributed by atoms with Gasteiger partial charge in [0.05, 0.1) is 19.8 Å². The molecule has 1 fully saturated rings. The summed E-state index contributed by atoms with van der Waals surface area (Å²) in [7, 11) is 3.78. The van der Waals surface area contributed by atoms with Crippen molar-refractivity contribution in [3.63, 3.8) is 0 Å². The molecule has 3 atom stereocenters. The summed E-state index contributed by atoms with van der Waals surface area (Å²) in [6.45, 7) is 6.19. The second-order valence-electron chi connectivity index (χ2n) is 10.5. The number of nitrogens with zero attached hydrogens (tertiary/aromatic N) is 3. The monoisotopic (exact) mass is 505 g/mol. The van der Waals surface area contributed by atoms with Crippen LogP contribution in [0.4, 0.5) is 0 Å². The van der Waals surface area contributed by atoms with E-state index in [0.717, 1.165) is 30.3 Å². The van der Waals surface area contributed by atoms with Crippen molar-refractivity contribution in [2.24, 2.45) is 11.8 Å². The van der Waals surface area contributed by atoms with E-state index in [1.807, 2.05) is 31.2 Å². The predicted octanol–water partition coefficient (Wildman–Crippen LogP) is 3.83. The maximum Gasteiger partial charge on any atom is 0.259 e. The van der Waals surface area contributed by atoms with Crippen molar-refractivity contribution in [3.8, 4) is 23.5 Å². The number of pyridine rings is 1. The first kappa shape index (κ1) is 27.0. The molecule has 2 heterocycles. The van der Waals surface area contributed by atoms with Crippen LogP contribution >= 0.6 is 0 Å². The number of carbonyl (C=O) groups is 1. The molecule has 1 aliphatic carbocycles. The second kappa shape index (κ2) is 12.4. The van der Waals surface area contributed by atoms with E-state index in [1.165, 1.54) is 25.7 Å². The van der Waals surface area contributed by atoms with Crippen LogP contribution in [-0.4, -0.2) is 78.3 Å². The Morgan fingerprint density at radius 1 is 1.19 bits per heavy atom. The van der Waals surface area contributed by atoms with Gasteiger partial charge in [0.15, 0.2) is 0 Å². The molecule has 0 saturated heterocycles. The third kappa shape index (κ3) is 6.82. The van der Waals surface area contributed by atoms with Gasteiger partial charge in [0.25, 0.3) is 5.91 Å². The van der Waals surface area contributed by atoms with E-state index in [4.69, 9.17) is 9.47 Å². The molecule has 1 aromatic heterocycles. The van der Waals surface area contributed by atoms with Crippen LogP contribution < -0.4 is 9.47 Å². The van der Waals surface area contributed by atoms with Gasteiger partial charge < -0.3 is 24.4 Å². The zero-order chi connectivity index (χ0) is 26.4. The van der Waals surface area contributed by atoms with Crippen molar-refractivity contribution in [2.75, 3.05) is 40.4 Å². The molecule has 0 bridgehead atoms. The van der Waals surface area contributed by atoms with E-state index in [2.05, 4.69) is 35.7 Å². The van der Waals surface area contributed by atoms with E-state index in [1.54, 1.807) is 24.3 Å². The topological polar surface area (TPSA) is 75.1 Å². The minimum Gasteiger partial charge on any atom is -0.497 e. The van der Waals surface area contributed by atoms with Gasteiger partial charge >= 0.3 is 0 Å². The third-order valence-electron chi connectivity index (χ3n) is 7.50. The Balaban J connectivity index is 1.60. The predicted molar refractivity (Wildman–Crippen MR) is 144 cm³/mol. The van der Waals surface area contributed by atoms with Gasteiger partial charge in [0.1, 0.15) is 17.4 Å². The fraction of sp³-hybridized carbons (Fsp3) is 0.533. The van der Waals surface area contributed by atoms with E-state index in [-0.39, 0.29) is 30.6 Å². The first-order valence-corrected chi connectivity index (χ1v) is 13.3. The van der Waals surface area contributed by atoms with Gasteiger partial charge in [-0.3, -0.25) is 4.79 Å². The van der Waals surface area contributed by atoms with Crippen molar-refractivity contribution in [1.82, 2.24) is 14.8 Å². The zero-order valence-electron chi connectivity index (χ0n) is 22.4. The molecule has 1 saturated carbocycles. The summed E-state index contributed by atoms with van der Waals surface area (Å²) < 4.78 is 11.6. The van der Waals surface area contributed by atoms with Crippen LogP contribution in [0, 0.1) is 23.7 Å². The standard InChI is InChI=1S/C30H39N3O4/c1-21-17-33(22(2)20-34)30(35)27-15-25(10-9-23-11-13-26(36-4)14-12-23)16-31-29(27)37-28(21)19-32(3)18-24-7-5-6-8-24/h11-16,21-22,24,28,34H,5-8,17-20H2,1-4H3/t21-,22+,28+/m0/s1. The van der Waals surface area contributed by atoms with Crippen molar-refractivity contribution < 1.29 is 19.4 Å². The molecule has 0 unspecified atom stereocenters. The molecule has 1 aliphatic heterocycles. The van der Waals surface area contributed by atoms with Crippen LogP contribution in [0.15, 0.2) is 36.5 Å². The minimum atomic E-state index is -0.313. The third-order valence-corrected chi connectivity index (χ3v) is 7.50. The number of hydrogen-bond donors (Lipinski definition) is 1. The number of hydrogen-bond acceptors (Lipinski definition) is 6. The molecule has 0 spiro atoms. The van der Waals surface area contributed by atoms with Crippen LogP contribution in [0.2, 0.25) is 0 Å². The lowest BCUT2D eigenvalue weighted by Crippen LogP contribution is -2.50. The molecule has 1 aromatic carbocycles. The van der Waals surface area contributed by atoms with E-state index < -0.39 is 0 Å². The number of aromatic nitrogens is 1. The smallest absolute Gasteiger partial charge is 0.259 e. The van der Waals surface area contributed by atoms with Gasteiger partial charge in [-0.2, -0.15) is 0 Å². The average Bonchev–Trinajstić information content (AvgIpc) is 3.42. The van der Waals surface area contributed by atoms with Crippen LogP contribution in [0.3, 0.4) is 0 Å². The highest BCUT2D eigenvalue weighted by Crippen LogP contribution is 2.29. The number of carbonyl (C=O) groups excluding carboxylic acids is 1. The molecule has 4 rings (SSSR count). The van der Waals surface area contributed by atoms with Gasteiger partial charge in [0, 0.05) is 42.9 Å². The Hall–Kier alpha value is -3.08. The maximum atomic E-state index is 13.6. The molecule has 198 valence electrons. The van der Waals surface area contributed by atoms with E-state index in [9.17, 15) is 9.90 Å². The number of benzene rings is 1. The van der Waals surface area contributed by atoms with Crippen LogP contribution in [0.25, 0.3) is 0 Å². The van der Waals surface area contributed by atoms with Crippen molar-refractivity contribution in [2.45, 2.75) is 51.7 Å². The van der Waals surface area contributed by atoms with Gasteiger partial charge in [-0.25, -0.2) is 4.98 Å². The van der Waals surface area contributed by atoms with Gasteiger partial charge in [-0.1, -0.05) is 31.6 Å². The number of fused-ring (bicyclic) bond motifs is 1. The Morgan fingerprint density at radius 2 is 1.89 bits per heavy atom. The number of likely N-dealkylation sites (N-methyl/N-ethyl adjacent to an activating group) is 1. The normalized spacial score (nSPS) is 20.9. The fourth-order valence-electron chi connectivity index (χ4n) is 5.22. The summed E-state index contributed by atoms with van der Waals surface area (Å²) in [5.74, 6) is 7.98. The Bertz CT molecular complexity index is 1120. The van der Waals surface area contributed by atoms with Crippen LogP contribution in [0.5, 0.6) is 11.6 Å². The summed E-state index contributed by atoms with van der Waals surface area (Å²) in [5, 5.41) is 9.89. The molecule has 37 heavy (non-hydrogen) atoms. The largest absolute Gasteiger partial charge is 0.497 e. The lowest BCUT2D eigenvalue weighted by atomic mass is 9.99. The first-order valence-electron chi connectivity index (χ1n) is 13.3. The molecule has 2 aromatic rings. The summed E-state index contributed by atoms with van der Waals surface area (Å²) in [4.78, 5) is 22.3. The Morgan fingerprint density at radius 3 is 2.57 bits per heavy atom. The number of methoxy groups -OCH3 is 1. The minimum absolute atomic E-state index is 0.0773. The molecular weight excluding hydrogens is 466 g/mol. The SMILES string of the molecule is COc1ccc(C#Cc2cnc3c(c2)C(=O)N([C@H](C)CO)C[C@H](C)[C@@H](CN(C)CC2CCCC2)O3)cc1. The van der Waals surface area contributed by atoms with Gasteiger partial charge in [0.2, 0.25) is 5.88 Å². The fourth-order valence-corrected chi connectivity index (χ4v) is 5.22. The lowest BCUT2D eigenvalue weighted by molar-refractivity contribution is 0.0320. The number of aliphatic hydroxyl groups excluding tert-OH is 1. The second-order valence-corrected chi connectivity index (χ2v) is 10.5. The molecule has 1 amide bonds. The van der Waals surface area contributed by atoms with Gasteiger partial charge in [-0.05, 0) is 63.1 Å².